The molecule has 0 spiro atoms. The van der Waals surface area contributed by atoms with Crippen molar-refractivity contribution in [2.24, 2.45) is 0 Å². The molecule has 27 heavy (non-hydrogen) atoms. The first-order valence-electron chi connectivity index (χ1n) is 8.08. The zero-order chi connectivity index (χ0) is 20.0. The number of hydrogen-bond acceptors (Lipinski definition) is 4. The van der Waals surface area contributed by atoms with Gasteiger partial charge in [0.2, 0.25) is 0 Å². The van der Waals surface area contributed by atoms with Crippen molar-refractivity contribution in [1.82, 2.24) is 5.32 Å². The highest BCUT2D eigenvalue weighted by Gasteiger charge is 2.22. The van der Waals surface area contributed by atoms with Gasteiger partial charge in [-0.3, -0.25) is 4.79 Å². The van der Waals surface area contributed by atoms with Gasteiger partial charge in [0.1, 0.15) is 5.75 Å². The van der Waals surface area contributed by atoms with Crippen molar-refractivity contribution in [3.8, 4) is 5.75 Å². The van der Waals surface area contributed by atoms with Crippen molar-refractivity contribution in [3.63, 3.8) is 0 Å². The molecule has 0 aliphatic carbocycles. The van der Waals surface area contributed by atoms with Gasteiger partial charge in [-0.05, 0) is 43.2 Å². The van der Waals surface area contributed by atoms with E-state index in [0.717, 1.165) is 11.3 Å². The van der Waals surface area contributed by atoms with Gasteiger partial charge in [0.25, 0.3) is 5.91 Å². The molecular formula is C19H18ClF2NO4. The second-order valence-corrected chi connectivity index (χ2v) is 6.09. The molecular weight excluding hydrogens is 380 g/mol. The Bertz CT molecular complexity index is 827. The molecule has 2 aromatic carbocycles. The molecule has 0 aromatic heterocycles. The van der Waals surface area contributed by atoms with Crippen molar-refractivity contribution in [3.05, 3.63) is 64.2 Å². The molecule has 0 bridgehead atoms. The van der Waals surface area contributed by atoms with Gasteiger partial charge in [0, 0.05) is 6.54 Å². The van der Waals surface area contributed by atoms with Gasteiger partial charge in [-0.15, -0.1) is 0 Å². The van der Waals surface area contributed by atoms with E-state index in [1.165, 1.54) is 6.92 Å². The van der Waals surface area contributed by atoms with Gasteiger partial charge in [0.15, 0.2) is 17.7 Å². The van der Waals surface area contributed by atoms with Gasteiger partial charge in [-0.2, -0.15) is 0 Å². The van der Waals surface area contributed by atoms with E-state index in [-0.39, 0.29) is 10.6 Å². The maximum atomic E-state index is 13.3. The van der Waals surface area contributed by atoms with Crippen LogP contribution in [-0.4, -0.2) is 31.6 Å². The third kappa shape index (κ3) is 5.65. The number of esters is 1. The van der Waals surface area contributed by atoms with Crippen LogP contribution in [0.25, 0.3) is 0 Å². The highest BCUT2D eigenvalue weighted by molar-refractivity contribution is 6.33. The van der Waals surface area contributed by atoms with Crippen LogP contribution < -0.4 is 10.1 Å². The number of ether oxygens (including phenoxy) is 2. The molecule has 0 radical (unpaired) electrons. The molecule has 1 unspecified atom stereocenters. The number of carbonyl (C=O) groups is 2. The second kappa shape index (κ2) is 9.32. The molecule has 0 fully saturated rings. The zero-order valence-electron chi connectivity index (χ0n) is 14.7. The van der Waals surface area contributed by atoms with E-state index in [1.54, 1.807) is 7.11 Å². The first kappa shape index (κ1) is 20.6. The van der Waals surface area contributed by atoms with Crippen molar-refractivity contribution >= 4 is 23.5 Å². The number of carbonyl (C=O) groups excluding carboxylic acids is 2. The van der Waals surface area contributed by atoms with Crippen LogP contribution in [0, 0.1) is 11.6 Å². The van der Waals surface area contributed by atoms with Crippen LogP contribution in [0.15, 0.2) is 36.4 Å². The number of hydrogen-bond donors (Lipinski definition) is 1. The Balaban J connectivity index is 1.85. The largest absolute Gasteiger partial charge is 0.497 e. The predicted molar refractivity (Wildman–Crippen MR) is 96.0 cm³/mol. The van der Waals surface area contributed by atoms with E-state index in [4.69, 9.17) is 21.1 Å². The Morgan fingerprint density at radius 2 is 1.78 bits per heavy atom. The molecule has 0 saturated carbocycles. The minimum Gasteiger partial charge on any atom is -0.497 e. The Morgan fingerprint density at radius 1 is 1.15 bits per heavy atom. The molecule has 2 rings (SSSR count). The Morgan fingerprint density at radius 3 is 2.41 bits per heavy atom. The molecule has 5 nitrogen and oxygen atoms in total. The molecule has 144 valence electrons. The van der Waals surface area contributed by atoms with Crippen LogP contribution in [0.3, 0.4) is 0 Å². The third-order valence-corrected chi connectivity index (χ3v) is 4.07. The fourth-order valence-electron chi connectivity index (χ4n) is 2.22. The third-order valence-electron chi connectivity index (χ3n) is 3.75. The summed E-state index contributed by atoms with van der Waals surface area (Å²) in [5, 5.41) is 2.34. The minimum atomic E-state index is -1.23. The van der Waals surface area contributed by atoms with E-state index in [9.17, 15) is 18.4 Å². The Kier molecular flexibility index (Phi) is 7.12. The summed E-state index contributed by atoms with van der Waals surface area (Å²) in [4.78, 5) is 24.0. The number of halogens is 3. The fourth-order valence-corrected chi connectivity index (χ4v) is 2.45. The van der Waals surface area contributed by atoms with Crippen molar-refractivity contribution < 1.29 is 27.8 Å². The summed E-state index contributed by atoms with van der Waals surface area (Å²) in [6, 6.07) is 8.68. The quantitative estimate of drug-likeness (QED) is 0.573. The predicted octanol–water partition coefficient (Wildman–Crippen LogP) is 3.53. The van der Waals surface area contributed by atoms with Crippen LogP contribution >= 0.6 is 11.6 Å². The lowest BCUT2D eigenvalue weighted by Crippen LogP contribution is -2.37. The molecule has 1 atom stereocenters. The van der Waals surface area contributed by atoms with Gasteiger partial charge < -0.3 is 14.8 Å². The summed E-state index contributed by atoms with van der Waals surface area (Å²) < 4.78 is 36.3. The molecule has 0 aliphatic rings. The van der Waals surface area contributed by atoms with Crippen LogP contribution in [0.4, 0.5) is 8.78 Å². The van der Waals surface area contributed by atoms with Crippen LogP contribution in [0.1, 0.15) is 22.8 Å². The average Bonchev–Trinajstić information content (AvgIpc) is 2.65. The Hall–Kier alpha value is -2.67. The number of rotatable bonds is 7. The number of methoxy groups -OCH3 is 1. The smallest absolute Gasteiger partial charge is 0.340 e. The molecule has 1 amide bonds. The lowest BCUT2D eigenvalue weighted by Gasteiger charge is -2.14. The minimum absolute atomic E-state index is 0.300. The number of amides is 1. The summed E-state index contributed by atoms with van der Waals surface area (Å²) in [5.41, 5.74) is 0.641. The molecule has 2 aromatic rings. The topological polar surface area (TPSA) is 64.6 Å². The lowest BCUT2D eigenvalue weighted by atomic mass is 10.1. The summed E-state index contributed by atoms with van der Waals surface area (Å²) in [7, 11) is 1.57. The van der Waals surface area contributed by atoms with Gasteiger partial charge in [0.05, 0.1) is 17.7 Å². The van der Waals surface area contributed by atoms with Crippen molar-refractivity contribution in [1.29, 1.82) is 0 Å². The average molecular weight is 398 g/mol. The summed E-state index contributed by atoms with van der Waals surface area (Å²) in [6.45, 7) is 1.70. The van der Waals surface area contributed by atoms with Gasteiger partial charge in [-0.25, -0.2) is 13.6 Å². The molecule has 0 saturated heterocycles. The first-order chi connectivity index (χ1) is 12.8. The SMILES string of the molecule is COc1ccc(CCNC(=O)C(C)OC(=O)c2cc(F)c(F)cc2Cl)cc1. The normalized spacial score (nSPS) is 11.6. The number of benzene rings is 2. The van der Waals surface area contributed by atoms with E-state index in [2.05, 4.69) is 5.32 Å². The molecule has 0 heterocycles. The van der Waals surface area contributed by atoms with E-state index >= 15 is 0 Å². The zero-order valence-corrected chi connectivity index (χ0v) is 15.5. The highest BCUT2D eigenvalue weighted by atomic mass is 35.5. The van der Waals surface area contributed by atoms with Crippen molar-refractivity contribution in [2.45, 2.75) is 19.4 Å². The van der Waals surface area contributed by atoms with Crippen LogP contribution in [0.5, 0.6) is 5.75 Å². The van der Waals surface area contributed by atoms with Crippen LogP contribution in [-0.2, 0) is 16.0 Å². The maximum Gasteiger partial charge on any atom is 0.340 e. The molecule has 8 heteroatoms. The van der Waals surface area contributed by atoms with E-state index in [0.29, 0.717) is 25.1 Å². The van der Waals surface area contributed by atoms with Crippen molar-refractivity contribution in [2.75, 3.05) is 13.7 Å². The monoisotopic (exact) mass is 397 g/mol. The standard InChI is InChI=1S/C19H18ClF2NO4/c1-11(27-19(25)14-9-16(21)17(22)10-15(14)20)18(24)23-8-7-12-3-5-13(26-2)6-4-12/h3-6,9-11H,7-8H2,1-2H3,(H,23,24). The molecule has 1 N–H and O–H groups in total. The lowest BCUT2D eigenvalue weighted by molar-refractivity contribution is -0.129. The fraction of sp³-hybridized carbons (Fsp3) is 0.263. The van der Waals surface area contributed by atoms with E-state index in [1.807, 2.05) is 24.3 Å². The summed E-state index contributed by atoms with van der Waals surface area (Å²) in [5.74, 6) is -3.21. The first-order valence-corrected chi connectivity index (χ1v) is 8.45. The van der Waals surface area contributed by atoms with Gasteiger partial charge in [-0.1, -0.05) is 23.7 Å². The number of nitrogens with one attached hydrogen (secondary N) is 1. The molecule has 0 aliphatic heterocycles. The maximum absolute atomic E-state index is 13.3. The highest BCUT2D eigenvalue weighted by Crippen LogP contribution is 2.21. The van der Waals surface area contributed by atoms with Crippen LogP contribution in [0.2, 0.25) is 5.02 Å². The summed E-state index contributed by atoms with van der Waals surface area (Å²) in [6.07, 6.45) is -0.552. The Labute approximate surface area is 160 Å². The second-order valence-electron chi connectivity index (χ2n) is 5.68. The van der Waals surface area contributed by atoms with E-state index < -0.39 is 29.6 Å². The summed E-state index contributed by atoms with van der Waals surface area (Å²) >= 11 is 5.72. The van der Waals surface area contributed by atoms with Gasteiger partial charge >= 0.3 is 5.97 Å².